The monoisotopic (exact) mass is 284 g/mol. The summed E-state index contributed by atoms with van der Waals surface area (Å²) in [5, 5.41) is 0. The smallest absolute Gasteiger partial charge is 0.350 e. The number of esters is 1. The molecule has 1 unspecified atom stereocenters. The van der Waals surface area contributed by atoms with Crippen LogP contribution in [0.2, 0.25) is 0 Å². The highest BCUT2D eigenvalue weighted by molar-refractivity contribution is 5.80. The average molecular weight is 284 g/mol. The minimum Gasteiger partial charge on any atom is -0.476 e. The van der Waals surface area contributed by atoms with Crippen molar-refractivity contribution in [3.8, 4) is 5.75 Å². The van der Waals surface area contributed by atoms with E-state index in [0.29, 0.717) is 18.8 Å². The number of hydrogen-bond donors (Lipinski definition) is 0. The van der Waals surface area contributed by atoms with Gasteiger partial charge in [0.05, 0.1) is 6.61 Å². The fraction of sp³-hybridized carbons (Fsp3) is 0.278. The molecule has 3 nitrogen and oxygen atoms in total. The van der Waals surface area contributed by atoms with Crippen molar-refractivity contribution in [2.75, 3.05) is 6.61 Å². The Morgan fingerprint density at radius 1 is 1.00 bits per heavy atom. The lowest BCUT2D eigenvalue weighted by molar-refractivity contribution is -0.160. The van der Waals surface area contributed by atoms with Crippen LogP contribution < -0.4 is 4.74 Å². The second kappa shape index (κ2) is 6.93. The molecule has 0 N–H and O–H groups in total. The predicted octanol–water partition coefficient (Wildman–Crippen LogP) is 3.63. The van der Waals surface area contributed by atoms with Gasteiger partial charge in [-0.1, -0.05) is 48.5 Å². The third kappa shape index (κ3) is 4.09. The van der Waals surface area contributed by atoms with Crippen molar-refractivity contribution in [3.05, 3.63) is 66.2 Å². The van der Waals surface area contributed by atoms with Gasteiger partial charge in [0.2, 0.25) is 5.60 Å². The van der Waals surface area contributed by atoms with Gasteiger partial charge in [0.25, 0.3) is 0 Å². The van der Waals surface area contributed by atoms with Gasteiger partial charge in [0.15, 0.2) is 0 Å². The van der Waals surface area contributed by atoms with E-state index in [-0.39, 0.29) is 5.97 Å². The molecule has 2 aromatic rings. The molecule has 0 spiro atoms. The lowest BCUT2D eigenvalue weighted by Crippen LogP contribution is -2.45. The van der Waals surface area contributed by atoms with Crippen LogP contribution in [-0.2, 0) is 16.0 Å². The molecular weight excluding hydrogens is 264 g/mol. The number of para-hydroxylation sites is 1. The van der Waals surface area contributed by atoms with Crippen molar-refractivity contribution < 1.29 is 14.3 Å². The van der Waals surface area contributed by atoms with E-state index in [1.54, 1.807) is 13.8 Å². The maximum Gasteiger partial charge on any atom is 0.350 e. The molecule has 21 heavy (non-hydrogen) atoms. The number of carbonyl (C=O) groups is 1. The van der Waals surface area contributed by atoms with E-state index in [2.05, 4.69) is 0 Å². The minimum atomic E-state index is -1.04. The molecule has 0 aliphatic heterocycles. The number of rotatable bonds is 6. The highest BCUT2D eigenvalue weighted by atomic mass is 16.6. The zero-order valence-electron chi connectivity index (χ0n) is 12.4. The van der Waals surface area contributed by atoms with Crippen LogP contribution in [0.4, 0.5) is 0 Å². The van der Waals surface area contributed by atoms with Gasteiger partial charge in [-0.15, -0.1) is 0 Å². The molecule has 0 saturated heterocycles. The summed E-state index contributed by atoms with van der Waals surface area (Å²) in [6, 6.07) is 19.1. The van der Waals surface area contributed by atoms with Gasteiger partial charge >= 0.3 is 5.97 Å². The zero-order chi connectivity index (χ0) is 15.1. The molecule has 2 aromatic carbocycles. The van der Waals surface area contributed by atoms with E-state index < -0.39 is 5.60 Å². The summed E-state index contributed by atoms with van der Waals surface area (Å²) < 4.78 is 11.1. The topological polar surface area (TPSA) is 35.5 Å². The summed E-state index contributed by atoms with van der Waals surface area (Å²) in [4.78, 5) is 12.3. The maximum absolute atomic E-state index is 12.3. The third-order valence-electron chi connectivity index (χ3n) is 3.18. The van der Waals surface area contributed by atoms with Crippen molar-refractivity contribution >= 4 is 5.97 Å². The van der Waals surface area contributed by atoms with E-state index in [4.69, 9.17) is 9.47 Å². The van der Waals surface area contributed by atoms with Gasteiger partial charge in [0.1, 0.15) is 5.75 Å². The number of hydrogen-bond acceptors (Lipinski definition) is 3. The second-order valence-corrected chi connectivity index (χ2v) is 5.03. The Balaban J connectivity index is 2.23. The lowest BCUT2D eigenvalue weighted by atomic mass is 9.96. The first-order valence-corrected chi connectivity index (χ1v) is 7.09. The zero-order valence-corrected chi connectivity index (χ0v) is 12.4. The van der Waals surface area contributed by atoms with E-state index in [1.165, 1.54) is 0 Å². The summed E-state index contributed by atoms with van der Waals surface area (Å²) in [6.07, 6.45) is 0.460. The Bertz CT molecular complexity index is 522. The maximum atomic E-state index is 12.3. The predicted molar refractivity (Wildman–Crippen MR) is 82.3 cm³/mol. The van der Waals surface area contributed by atoms with E-state index in [1.807, 2.05) is 60.7 Å². The molecule has 0 saturated carbocycles. The van der Waals surface area contributed by atoms with Gasteiger partial charge in [-0.05, 0) is 31.5 Å². The number of carbonyl (C=O) groups excluding carboxylic acids is 1. The highest BCUT2D eigenvalue weighted by Crippen LogP contribution is 2.23. The molecule has 0 heterocycles. The number of benzene rings is 2. The summed E-state index contributed by atoms with van der Waals surface area (Å²) in [7, 11) is 0. The molecule has 110 valence electrons. The molecule has 0 bridgehead atoms. The van der Waals surface area contributed by atoms with Crippen LogP contribution in [0, 0.1) is 0 Å². The van der Waals surface area contributed by atoms with Crippen LogP contribution in [-0.4, -0.2) is 18.2 Å². The molecule has 1 atom stereocenters. The van der Waals surface area contributed by atoms with Crippen molar-refractivity contribution in [2.24, 2.45) is 0 Å². The summed E-state index contributed by atoms with van der Waals surface area (Å²) in [5.41, 5.74) is -0.0115. The molecule has 0 fully saturated rings. The van der Waals surface area contributed by atoms with Crippen molar-refractivity contribution in [3.63, 3.8) is 0 Å². The lowest BCUT2D eigenvalue weighted by Gasteiger charge is -2.28. The third-order valence-corrected chi connectivity index (χ3v) is 3.18. The molecule has 0 amide bonds. The molecule has 0 aliphatic carbocycles. The molecule has 0 aliphatic rings. The van der Waals surface area contributed by atoms with Gasteiger partial charge in [-0.2, -0.15) is 0 Å². The first kappa shape index (κ1) is 15.1. The first-order valence-electron chi connectivity index (χ1n) is 7.09. The van der Waals surface area contributed by atoms with Crippen LogP contribution in [0.25, 0.3) is 0 Å². The van der Waals surface area contributed by atoms with Crippen LogP contribution in [0.1, 0.15) is 19.4 Å². The summed E-state index contributed by atoms with van der Waals surface area (Å²) in [6.45, 7) is 3.90. The second-order valence-electron chi connectivity index (χ2n) is 5.03. The number of ether oxygens (including phenoxy) is 2. The van der Waals surface area contributed by atoms with Crippen molar-refractivity contribution in [2.45, 2.75) is 25.9 Å². The van der Waals surface area contributed by atoms with Crippen LogP contribution in [0.15, 0.2) is 60.7 Å². The Morgan fingerprint density at radius 2 is 1.57 bits per heavy atom. The molecule has 3 heteroatoms. The van der Waals surface area contributed by atoms with E-state index >= 15 is 0 Å². The molecule has 0 aromatic heterocycles. The first-order chi connectivity index (χ1) is 10.1. The van der Waals surface area contributed by atoms with E-state index in [0.717, 1.165) is 5.56 Å². The Labute approximate surface area is 125 Å². The Hall–Kier alpha value is -2.29. The van der Waals surface area contributed by atoms with Crippen LogP contribution >= 0.6 is 0 Å². The van der Waals surface area contributed by atoms with Gasteiger partial charge in [-0.25, -0.2) is 4.79 Å². The van der Waals surface area contributed by atoms with Gasteiger partial charge in [0, 0.05) is 6.42 Å². The standard InChI is InChI=1S/C18H20O3/c1-3-20-17(19)18(2,14-15-10-6-4-7-11-15)21-16-12-8-5-9-13-16/h4-13H,3,14H2,1-2H3. The molecule has 0 radical (unpaired) electrons. The fourth-order valence-electron chi connectivity index (χ4n) is 2.17. The van der Waals surface area contributed by atoms with Gasteiger partial charge in [-0.3, -0.25) is 0 Å². The van der Waals surface area contributed by atoms with Crippen LogP contribution in [0.3, 0.4) is 0 Å². The summed E-state index contributed by atoms with van der Waals surface area (Å²) in [5.74, 6) is 0.307. The molecule has 2 rings (SSSR count). The Morgan fingerprint density at radius 3 is 2.14 bits per heavy atom. The highest BCUT2D eigenvalue weighted by Gasteiger charge is 2.37. The minimum absolute atomic E-state index is 0.335. The Kier molecular flexibility index (Phi) is 4.99. The normalized spacial score (nSPS) is 13.2. The largest absolute Gasteiger partial charge is 0.476 e. The van der Waals surface area contributed by atoms with Crippen molar-refractivity contribution in [1.82, 2.24) is 0 Å². The quantitative estimate of drug-likeness (QED) is 0.760. The van der Waals surface area contributed by atoms with E-state index in [9.17, 15) is 4.79 Å². The molecular formula is C18H20O3. The van der Waals surface area contributed by atoms with Gasteiger partial charge < -0.3 is 9.47 Å². The fourth-order valence-corrected chi connectivity index (χ4v) is 2.17. The summed E-state index contributed by atoms with van der Waals surface area (Å²) >= 11 is 0. The van der Waals surface area contributed by atoms with Crippen LogP contribution in [0.5, 0.6) is 5.75 Å². The van der Waals surface area contributed by atoms with Crippen molar-refractivity contribution in [1.29, 1.82) is 0 Å². The SMILES string of the molecule is CCOC(=O)C(C)(Cc1ccccc1)Oc1ccccc1. The average Bonchev–Trinajstić information content (AvgIpc) is 2.49.